The van der Waals surface area contributed by atoms with Crippen LogP contribution in [-0.2, 0) is 10.0 Å². The van der Waals surface area contributed by atoms with Gasteiger partial charge in [-0.2, -0.15) is 0 Å². The number of aryl methyl sites for hydroxylation is 1. The zero-order valence-electron chi connectivity index (χ0n) is 12.2. The van der Waals surface area contributed by atoms with Gasteiger partial charge in [0.2, 0.25) is 10.0 Å². The quantitative estimate of drug-likeness (QED) is 0.868. The van der Waals surface area contributed by atoms with Gasteiger partial charge >= 0.3 is 0 Å². The lowest BCUT2D eigenvalue weighted by molar-refractivity contribution is 0.254. The van der Waals surface area contributed by atoms with E-state index in [-0.39, 0.29) is 5.75 Å². The first-order valence-electron chi connectivity index (χ1n) is 6.95. The molecule has 1 aromatic rings. The van der Waals surface area contributed by atoms with Gasteiger partial charge in [0.15, 0.2) is 0 Å². The van der Waals surface area contributed by atoms with E-state index in [1.807, 2.05) is 31.2 Å². The first-order valence-corrected chi connectivity index (χ1v) is 8.56. The molecule has 0 aromatic heterocycles. The minimum atomic E-state index is -3.25. The molecular formula is C14H23N3O2S. The Morgan fingerprint density at radius 1 is 1.20 bits per heavy atom. The van der Waals surface area contributed by atoms with Crippen molar-refractivity contribution in [2.75, 3.05) is 49.8 Å². The molecule has 6 heteroatoms. The summed E-state index contributed by atoms with van der Waals surface area (Å²) < 4.78 is 26.1. The fraction of sp³-hybridized carbons (Fsp3) is 0.571. The first-order chi connectivity index (χ1) is 9.49. The van der Waals surface area contributed by atoms with Crippen molar-refractivity contribution in [3.05, 3.63) is 29.8 Å². The molecule has 1 aromatic carbocycles. The monoisotopic (exact) mass is 297 g/mol. The smallest absolute Gasteiger partial charge is 0.236 e. The molecule has 5 nitrogen and oxygen atoms in total. The van der Waals surface area contributed by atoms with Crippen LogP contribution in [0.25, 0.3) is 0 Å². The summed E-state index contributed by atoms with van der Waals surface area (Å²) in [6.45, 7) is 6.30. The van der Waals surface area contributed by atoms with E-state index in [2.05, 4.69) is 10.2 Å². The van der Waals surface area contributed by atoms with Crippen molar-refractivity contribution in [1.29, 1.82) is 0 Å². The molecule has 2 rings (SSSR count). The molecule has 0 unspecified atom stereocenters. The minimum Gasteiger partial charge on any atom is -0.314 e. The second-order valence-electron chi connectivity index (χ2n) is 5.21. The summed E-state index contributed by atoms with van der Waals surface area (Å²) in [5, 5.41) is 3.26. The number of hydrogen-bond acceptors (Lipinski definition) is 4. The number of anilines is 1. The average molecular weight is 297 g/mol. The molecule has 1 N–H and O–H groups in total. The van der Waals surface area contributed by atoms with Crippen molar-refractivity contribution in [2.45, 2.75) is 6.92 Å². The number of hydrogen-bond donors (Lipinski definition) is 1. The van der Waals surface area contributed by atoms with Crippen LogP contribution in [0.4, 0.5) is 5.69 Å². The minimum absolute atomic E-state index is 0.164. The predicted octanol–water partition coefficient (Wildman–Crippen LogP) is 0.666. The standard InChI is InChI=1S/C14H23N3O2S/c1-13-3-5-14(6-4-13)16(2)20(18,19)12-11-17-9-7-15-8-10-17/h3-6,15H,7-12H2,1-2H3. The lowest BCUT2D eigenvalue weighted by Crippen LogP contribution is -2.46. The normalized spacial score (nSPS) is 17.1. The van der Waals surface area contributed by atoms with Crippen LogP contribution in [0.2, 0.25) is 0 Å². The van der Waals surface area contributed by atoms with E-state index in [0.717, 1.165) is 37.4 Å². The zero-order valence-corrected chi connectivity index (χ0v) is 13.0. The fourth-order valence-corrected chi connectivity index (χ4v) is 3.44. The van der Waals surface area contributed by atoms with E-state index in [9.17, 15) is 8.42 Å². The molecule has 0 atom stereocenters. The fourth-order valence-electron chi connectivity index (χ4n) is 2.23. The summed E-state index contributed by atoms with van der Waals surface area (Å²) >= 11 is 0. The highest BCUT2D eigenvalue weighted by Gasteiger charge is 2.20. The number of benzene rings is 1. The second kappa shape index (κ2) is 6.56. The van der Waals surface area contributed by atoms with Gasteiger partial charge in [0.05, 0.1) is 11.4 Å². The Hall–Kier alpha value is -1.11. The van der Waals surface area contributed by atoms with Crippen molar-refractivity contribution < 1.29 is 8.42 Å². The first kappa shape index (κ1) is 15.3. The van der Waals surface area contributed by atoms with Crippen LogP contribution in [-0.4, -0.2) is 58.8 Å². The summed E-state index contributed by atoms with van der Waals surface area (Å²) in [5.41, 5.74) is 1.84. The number of nitrogens with zero attached hydrogens (tertiary/aromatic N) is 2. The van der Waals surface area contributed by atoms with Crippen LogP contribution in [0.1, 0.15) is 5.56 Å². The van der Waals surface area contributed by atoms with E-state index >= 15 is 0 Å². The molecule has 1 aliphatic heterocycles. The van der Waals surface area contributed by atoms with Crippen LogP contribution >= 0.6 is 0 Å². The van der Waals surface area contributed by atoms with Crippen LogP contribution in [0, 0.1) is 6.92 Å². The van der Waals surface area contributed by atoms with E-state index in [1.165, 1.54) is 4.31 Å². The highest BCUT2D eigenvalue weighted by Crippen LogP contribution is 2.17. The topological polar surface area (TPSA) is 52.7 Å². The molecule has 0 amide bonds. The van der Waals surface area contributed by atoms with E-state index in [4.69, 9.17) is 0 Å². The van der Waals surface area contributed by atoms with Crippen molar-refractivity contribution in [3.63, 3.8) is 0 Å². The second-order valence-corrected chi connectivity index (χ2v) is 7.33. The Labute approximate surface area is 121 Å². The van der Waals surface area contributed by atoms with Gasteiger partial charge in [-0.15, -0.1) is 0 Å². The van der Waals surface area contributed by atoms with Gasteiger partial charge in [-0.25, -0.2) is 8.42 Å². The molecule has 0 bridgehead atoms. The SMILES string of the molecule is Cc1ccc(N(C)S(=O)(=O)CCN2CCNCC2)cc1. The summed E-state index contributed by atoms with van der Waals surface area (Å²) in [6, 6.07) is 7.55. The van der Waals surface area contributed by atoms with Gasteiger partial charge in [0.25, 0.3) is 0 Å². The molecule has 0 radical (unpaired) electrons. The van der Waals surface area contributed by atoms with Crippen LogP contribution < -0.4 is 9.62 Å². The summed E-state index contributed by atoms with van der Waals surface area (Å²) in [7, 11) is -1.63. The van der Waals surface area contributed by atoms with Gasteiger partial charge in [0, 0.05) is 39.8 Å². The van der Waals surface area contributed by atoms with E-state index < -0.39 is 10.0 Å². The Kier molecular flexibility index (Phi) is 5.01. The lowest BCUT2D eigenvalue weighted by atomic mass is 10.2. The summed E-state index contributed by atoms with van der Waals surface area (Å²) in [5.74, 6) is 0.164. The predicted molar refractivity (Wildman–Crippen MR) is 82.7 cm³/mol. The molecule has 1 heterocycles. The highest BCUT2D eigenvalue weighted by atomic mass is 32.2. The maximum atomic E-state index is 12.3. The Morgan fingerprint density at radius 2 is 1.80 bits per heavy atom. The largest absolute Gasteiger partial charge is 0.314 e. The molecule has 1 aliphatic rings. The van der Waals surface area contributed by atoms with Gasteiger partial charge in [0.1, 0.15) is 0 Å². The third-order valence-electron chi connectivity index (χ3n) is 3.69. The van der Waals surface area contributed by atoms with Crippen LogP contribution in [0.3, 0.4) is 0 Å². The molecule has 112 valence electrons. The summed E-state index contributed by atoms with van der Waals surface area (Å²) in [6.07, 6.45) is 0. The molecular weight excluding hydrogens is 274 g/mol. The van der Waals surface area contributed by atoms with Crippen molar-refractivity contribution in [2.24, 2.45) is 0 Å². The number of rotatable bonds is 5. The van der Waals surface area contributed by atoms with E-state index in [1.54, 1.807) is 7.05 Å². The van der Waals surface area contributed by atoms with Crippen LogP contribution in [0.5, 0.6) is 0 Å². The Bertz CT molecular complexity index is 522. The number of nitrogens with one attached hydrogen (secondary N) is 1. The number of piperazine rings is 1. The van der Waals surface area contributed by atoms with Crippen molar-refractivity contribution in [1.82, 2.24) is 10.2 Å². The van der Waals surface area contributed by atoms with Crippen molar-refractivity contribution >= 4 is 15.7 Å². The van der Waals surface area contributed by atoms with E-state index in [0.29, 0.717) is 6.54 Å². The summed E-state index contributed by atoms with van der Waals surface area (Å²) in [4.78, 5) is 2.19. The van der Waals surface area contributed by atoms with Gasteiger partial charge in [-0.3, -0.25) is 9.21 Å². The highest BCUT2D eigenvalue weighted by molar-refractivity contribution is 7.92. The molecule has 0 aliphatic carbocycles. The maximum absolute atomic E-state index is 12.3. The van der Waals surface area contributed by atoms with Crippen molar-refractivity contribution in [3.8, 4) is 0 Å². The molecule has 0 saturated carbocycles. The third kappa shape index (κ3) is 3.94. The van der Waals surface area contributed by atoms with Gasteiger partial charge in [-0.05, 0) is 19.1 Å². The zero-order chi connectivity index (χ0) is 14.6. The van der Waals surface area contributed by atoms with Crippen LogP contribution in [0.15, 0.2) is 24.3 Å². The molecule has 0 spiro atoms. The number of sulfonamides is 1. The molecule has 1 fully saturated rings. The third-order valence-corrected chi connectivity index (χ3v) is 5.43. The van der Waals surface area contributed by atoms with Gasteiger partial charge < -0.3 is 5.32 Å². The lowest BCUT2D eigenvalue weighted by Gasteiger charge is -2.28. The Balaban J connectivity index is 1.96. The molecule has 20 heavy (non-hydrogen) atoms. The average Bonchev–Trinajstić information content (AvgIpc) is 2.46. The Morgan fingerprint density at radius 3 is 2.40 bits per heavy atom. The maximum Gasteiger partial charge on any atom is 0.236 e. The van der Waals surface area contributed by atoms with Gasteiger partial charge in [-0.1, -0.05) is 17.7 Å². The molecule has 1 saturated heterocycles.